The van der Waals surface area contributed by atoms with Gasteiger partial charge < -0.3 is 9.64 Å². The summed E-state index contributed by atoms with van der Waals surface area (Å²) in [5.74, 6) is 0. The Labute approximate surface area is 151 Å². The van der Waals surface area contributed by atoms with E-state index >= 15 is 0 Å². The highest BCUT2D eigenvalue weighted by Gasteiger charge is 2.29. The summed E-state index contributed by atoms with van der Waals surface area (Å²) in [6.45, 7) is 4.20. The van der Waals surface area contributed by atoms with Gasteiger partial charge >= 0.3 is 0 Å². The molecule has 1 unspecified atom stereocenters. The molecule has 1 saturated heterocycles. The molecule has 0 bridgehead atoms. The number of hydrogen-bond acceptors (Lipinski definition) is 4. The van der Waals surface area contributed by atoms with Gasteiger partial charge in [-0.15, -0.1) is 5.10 Å². The van der Waals surface area contributed by atoms with Crippen LogP contribution in [0.25, 0.3) is 0 Å². The smallest absolute Gasteiger partial charge is 0.177 e. The van der Waals surface area contributed by atoms with Crippen LogP contribution in [0.15, 0.2) is 54.7 Å². The largest absolute Gasteiger partial charge is 0.350 e. The third kappa shape index (κ3) is 3.38. The van der Waals surface area contributed by atoms with Crippen molar-refractivity contribution in [2.24, 2.45) is 0 Å². The van der Waals surface area contributed by atoms with Crippen molar-refractivity contribution in [3.8, 4) is 0 Å². The summed E-state index contributed by atoms with van der Waals surface area (Å²) < 4.78 is 7.72. The number of aryl methyl sites for hydroxylation is 1. The highest BCUT2D eigenvalue weighted by molar-refractivity contribution is 6.31. The molecular weight excluding hydrogens is 336 g/mol. The molecule has 128 valence electrons. The lowest BCUT2D eigenvalue weighted by molar-refractivity contribution is 0.110. The number of rotatable bonds is 4. The lowest BCUT2D eigenvalue weighted by Gasteiger charge is -2.23. The van der Waals surface area contributed by atoms with E-state index in [-0.39, 0.29) is 6.23 Å². The average molecular weight is 355 g/mol. The first kappa shape index (κ1) is 16.1. The van der Waals surface area contributed by atoms with Crippen LogP contribution in [-0.4, -0.2) is 28.1 Å². The Morgan fingerprint density at radius 3 is 2.92 bits per heavy atom. The van der Waals surface area contributed by atoms with Crippen molar-refractivity contribution in [3.05, 3.63) is 76.6 Å². The Balaban J connectivity index is 1.56. The zero-order valence-electron chi connectivity index (χ0n) is 14.0. The first-order valence-corrected chi connectivity index (χ1v) is 8.67. The highest BCUT2D eigenvalue weighted by atomic mass is 35.5. The first-order valence-electron chi connectivity index (χ1n) is 8.29. The van der Waals surface area contributed by atoms with Crippen LogP contribution in [-0.2, 0) is 11.3 Å². The van der Waals surface area contributed by atoms with Crippen LogP contribution >= 0.6 is 11.6 Å². The quantitative estimate of drug-likeness (QED) is 0.714. The van der Waals surface area contributed by atoms with Crippen molar-refractivity contribution < 1.29 is 4.74 Å². The minimum Gasteiger partial charge on any atom is -0.350 e. The van der Waals surface area contributed by atoms with Crippen molar-refractivity contribution in [2.75, 3.05) is 18.1 Å². The molecule has 0 spiro atoms. The van der Waals surface area contributed by atoms with Crippen LogP contribution in [0.1, 0.15) is 23.0 Å². The predicted octanol–water partition coefficient (Wildman–Crippen LogP) is 3.82. The molecule has 1 aliphatic rings. The van der Waals surface area contributed by atoms with Gasteiger partial charge in [-0.1, -0.05) is 47.1 Å². The van der Waals surface area contributed by atoms with Crippen LogP contribution in [0.5, 0.6) is 0 Å². The van der Waals surface area contributed by atoms with E-state index < -0.39 is 0 Å². The molecule has 0 radical (unpaired) electrons. The minimum absolute atomic E-state index is 0.207. The maximum atomic E-state index is 6.23. The average Bonchev–Trinajstić information content (AvgIpc) is 3.26. The van der Waals surface area contributed by atoms with E-state index in [1.165, 1.54) is 5.56 Å². The van der Waals surface area contributed by atoms with E-state index in [4.69, 9.17) is 16.3 Å². The van der Waals surface area contributed by atoms with Gasteiger partial charge in [-0.25, -0.2) is 4.68 Å². The highest BCUT2D eigenvalue weighted by Crippen LogP contribution is 2.31. The standard InChI is InChI=1S/C19H19ClN4O/c1-14-5-4-7-16(11-14)24-9-10-25-19(24)18-13-23(22-21-18)12-15-6-2-3-8-17(15)20/h2-8,11,13,19H,9-10,12H2,1H3. The SMILES string of the molecule is Cc1cccc(N2CCOC2c2cn(Cc3ccccc3Cl)nn2)c1. The summed E-state index contributed by atoms with van der Waals surface area (Å²) in [7, 11) is 0. The van der Waals surface area contributed by atoms with Crippen molar-refractivity contribution in [1.29, 1.82) is 0 Å². The van der Waals surface area contributed by atoms with E-state index in [1.807, 2.05) is 30.5 Å². The number of ether oxygens (including phenoxy) is 1. The summed E-state index contributed by atoms with van der Waals surface area (Å²) >= 11 is 6.23. The lowest BCUT2D eigenvalue weighted by atomic mass is 10.2. The Bertz CT molecular complexity index is 879. The summed E-state index contributed by atoms with van der Waals surface area (Å²) in [5.41, 5.74) is 4.20. The molecule has 2 aromatic carbocycles. The van der Waals surface area contributed by atoms with Crippen LogP contribution in [0.4, 0.5) is 5.69 Å². The van der Waals surface area contributed by atoms with Crippen LogP contribution in [0.3, 0.4) is 0 Å². The van der Waals surface area contributed by atoms with Gasteiger partial charge in [-0.05, 0) is 36.2 Å². The number of benzene rings is 2. The Kier molecular flexibility index (Phi) is 4.42. The molecule has 6 heteroatoms. The van der Waals surface area contributed by atoms with E-state index in [1.54, 1.807) is 4.68 Å². The molecule has 1 fully saturated rings. The maximum absolute atomic E-state index is 6.23. The molecular formula is C19H19ClN4O. The van der Waals surface area contributed by atoms with Crippen molar-refractivity contribution in [2.45, 2.75) is 19.7 Å². The number of halogens is 1. The van der Waals surface area contributed by atoms with E-state index in [0.29, 0.717) is 13.2 Å². The van der Waals surface area contributed by atoms with Gasteiger partial charge in [-0.2, -0.15) is 0 Å². The van der Waals surface area contributed by atoms with Crippen LogP contribution in [0.2, 0.25) is 5.02 Å². The zero-order valence-corrected chi connectivity index (χ0v) is 14.7. The van der Waals surface area contributed by atoms with Gasteiger partial charge in [0.2, 0.25) is 0 Å². The van der Waals surface area contributed by atoms with Crippen molar-refractivity contribution >= 4 is 17.3 Å². The summed E-state index contributed by atoms with van der Waals surface area (Å²) in [5, 5.41) is 9.30. The van der Waals surface area contributed by atoms with E-state index in [2.05, 4.69) is 46.4 Å². The molecule has 0 saturated carbocycles. The molecule has 25 heavy (non-hydrogen) atoms. The second kappa shape index (κ2) is 6.86. The minimum atomic E-state index is -0.207. The van der Waals surface area contributed by atoms with E-state index in [0.717, 1.165) is 28.5 Å². The van der Waals surface area contributed by atoms with Gasteiger partial charge in [0.25, 0.3) is 0 Å². The second-order valence-electron chi connectivity index (χ2n) is 6.19. The third-order valence-corrected chi connectivity index (χ3v) is 4.69. The topological polar surface area (TPSA) is 43.2 Å². The molecule has 1 aromatic heterocycles. The molecule has 0 amide bonds. The fraction of sp³-hybridized carbons (Fsp3) is 0.263. The van der Waals surface area contributed by atoms with Crippen LogP contribution in [0, 0.1) is 6.92 Å². The van der Waals surface area contributed by atoms with Gasteiger partial charge in [0.1, 0.15) is 5.69 Å². The van der Waals surface area contributed by atoms with E-state index in [9.17, 15) is 0 Å². The van der Waals surface area contributed by atoms with Gasteiger partial charge in [-0.3, -0.25) is 0 Å². The molecule has 0 N–H and O–H groups in total. The molecule has 3 aromatic rings. The van der Waals surface area contributed by atoms with Crippen molar-refractivity contribution in [1.82, 2.24) is 15.0 Å². The Hall–Kier alpha value is -2.37. The Morgan fingerprint density at radius 2 is 2.08 bits per heavy atom. The maximum Gasteiger partial charge on any atom is 0.177 e. The Morgan fingerprint density at radius 1 is 1.20 bits per heavy atom. The number of aromatic nitrogens is 3. The fourth-order valence-electron chi connectivity index (χ4n) is 3.09. The monoisotopic (exact) mass is 354 g/mol. The van der Waals surface area contributed by atoms with Gasteiger partial charge in [0, 0.05) is 17.3 Å². The first-order chi connectivity index (χ1) is 12.2. The van der Waals surface area contributed by atoms with Gasteiger partial charge in [0.05, 0.1) is 19.3 Å². The summed E-state index contributed by atoms with van der Waals surface area (Å²) in [4.78, 5) is 2.22. The summed E-state index contributed by atoms with van der Waals surface area (Å²) in [6, 6.07) is 16.2. The number of hydrogen-bond donors (Lipinski definition) is 0. The van der Waals surface area contributed by atoms with Crippen LogP contribution < -0.4 is 4.90 Å². The molecule has 4 rings (SSSR count). The molecule has 0 aliphatic carbocycles. The molecule has 1 aliphatic heterocycles. The zero-order chi connectivity index (χ0) is 17.2. The van der Waals surface area contributed by atoms with Crippen molar-refractivity contribution in [3.63, 3.8) is 0 Å². The second-order valence-corrected chi connectivity index (χ2v) is 6.60. The summed E-state index contributed by atoms with van der Waals surface area (Å²) in [6.07, 6.45) is 1.73. The molecule has 1 atom stereocenters. The third-order valence-electron chi connectivity index (χ3n) is 4.32. The number of nitrogens with zero attached hydrogens (tertiary/aromatic N) is 4. The normalized spacial score (nSPS) is 17.2. The number of anilines is 1. The lowest BCUT2D eigenvalue weighted by Crippen LogP contribution is -2.23. The van der Waals surface area contributed by atoms with Gasteiger partial charge in [0.15, 0.2) is 6.23 Å². The molecule has 5 nitrogen and oxygen atoms in total. The predicted molar refractivity (Wildman–Crippen MR) is 97.8 cm³/mol. The fourth-order valence-corrected chi connectivity index (χ4v) is 3.29. The molecule has 2 heterocycles.